The van der Waals surface area contributed by atoms with Crippen LogP contribution in [0.3, 0.4) is 0 Å². The van der Waals surface area contributed by atoms with Crippen molar-refractivity contribution >= 4 is 5.97 Å². The molecule has 2 saturated heterocycles. The van der Waals surface area contributed by atoms with Gasteiger partial charge in [0, 0.05) is 12.8 Å². The minimum atomic E-state index is -0.171. The summed E-state index contributed by atoms with van der Waals surface area (Å²) in [6, 6.07) is 0. The van der Waals surface area contributed by atoms with Gasteiger partial charge < -0.3 is 9.47 Å². The first-order chi connectivity index (χ1) is 9.58. The first-order valence-corrected chi connectivity index (χ1v) is 8.46. The van der Waals surface area contributed by atoms with Crippen LogP contribution in [0.25, 0.3) is 0 Å². The van der Waals surface area contributed by atoms with E-state index in [9.17, 15) is 4.79 Å². The van der Waals surface area contributed by atoms with Gasteiger partial charge in [-0.2, -0.15) is 0 Å². The fourth-order valence-corrected chi connectivity index (χ4v) is 5.87. The maximum Gasteiger partial charge on any atom is 0.302 e. The second-order valence-electron chi connectivity index (χ2n) is 8.73. The van der Waals surface area contributed by atoms with Gasteiger partial charge in [-0.3, -0.25) is 4.79 Å². The van der Waals surface area contributed by atoms with E-state index in [1.54, 1.807) is 0 Å². The van der Waals surface area contributed by atoms with Crippen molar-refractivity contribution in [3.8, 4) is 0 Å². The van der Waals surface area contributed by atoms with Gasteiger partial charge in [-0.15, -0.1) is 0 Å². The molecule has 0 aromatic rings. The van der Waals surface area contributed by atoms with E-state index < -0.39 is 0 Å². The zero-order valence-corrected chi connectivity index (χ0v) is 14.4. The van der Waals surface area contributed by atoms with Gasteiger partial charge in [0.1, 0.15) is 6.10 Å². The van der Waals surface area contributed by atoms with Crippen molar-refractivity contribution in [2.24, 2.45) is 23.2 Å². The first-order valence-electron chi connectivity index (χ1n) is 8.46. The number of carbonyl (C=O) groups is 1. The van der Waals surface area contributed by atoms with Crippen molar-refractivity contribution in [2.75, 3.05) is 0 Å². The Labute approximate surface area is 128 Å². The van der Waals surface area contributed by atoms with E-state index >= 15 is 0 Å². The Balaban J connectivity index is 2.04. The molecule has 0 aromatic heterocycles. The molecule has 0 amide bonds. The SMILES string of the molecule is CC(=O)OC1CC(C)C2(C)CC3CCC(C)(OC3(C)C)C12. The summed E-state index contributed by atoms with van der Waals surface area (Å²) in [4.78, 5) is 11.5. The Morgan fingerprint density at radius 2 is 1.90 bits per heavy atom. The zero-order valence-electron chi connectivity index (χ0n) is 14.4. The molecule has 21 heavy (non-hydrogen) atoms. The topological polar surface area (TPSA) is 35.5 Å². The fourth-order valence-electron chi connectivity index (χ4n) is 5.87. The maximum atomic E-state index is 11.5. The Morgan fingerprint density at radius 3 is 2.48 bits per heavy atom. The Morgan fingerprint density at radius 1 is 1.24 bits per heavy atom. The summed E-state index contributed by atoms with van der Waals surface area (Å²) >= 11 is 0. The highest BCUT2D eigenvalue weighted by atomic mass is 16.6. The van der Waals surface area contributed by atoms with Crippen LogP contribution in [0.4, 0.5) is 0 Å². The number of rotatable bonds is 1. The van der Waals surface area contributed by atoms with E-state index in [4.69, 9.17) is 9.47 Å². The van der Waals surface area contributed by atoms with Crippen LogP contribution < -0.4 is 0 Å². The fraction of sp³-hybridized carbons (Fsp3) is 0.944. The van der Waals surface area contributed by atoms with E-state index in [1.165, 1.54) is 19.8 Å². The summed E-state index contributed by atoms with van der Waals surface area (Å²) in [5.41, 5.74) is -0.0270. The summed E-state index contributed by atoms with van der Waals surface area (Å²) in [6.07, 6.45) is 4.51. The monoisotopic (exact) mass is 294 g/mol. The number of esters is 1. The minimum absolute atomic E-state index is 0.0140. The normalized spacial score (nSPS) is 51.3. The molecule has 6 atom stereocenters. The van der Waals surface area contributed by atoms with E-state index in [2.05, 4.69) is 34.6 Å². The molecule has 0 N–H and O–H groups in total. The van der Waals surface area contributed by atoms with Gasteiger partial charge >= 0.3 is 5.97 Å². The summed E-state index contributed by atoms with van der Waals surface area (Å²) in [5, 5.41) is 0. The standard InChI is InChI=1S/C18H30O3/c1-11-9-14(20-12(2)19)15-17(11,5)10-13-7-8-18(15,6)21-16(13,3)4/h11,13-15H,7-10H2,1-6H3. The Kier molecular flexibility index (Phi) is 3.26. The summed E-state index contributed by atoms with van der Waals surface area (Å²) in [7, 11) is 0. The molecular weight excluding hydrogens is 264 g/mol. The summed E-state index contributed by atoms with van der Waals surface area (Å²) in [6.45, 7) is 13.0. The third-order valence-electron chi connectivity index (χ3n) is 6.92. The molecule has 2 aliphatic carbocycles. The average molecular weight is 294 g/mol. The molecule has 3 heteroatoms. The van der Waals surface area contributed by atoms with Crippen molar-refractivity contribution in [3.05, 3.63) is 0 Å². The molecule has 0 spiro atoms. The molecule has 4 rings (SSSR count). The smallest absolute Gasteiger partial charge is 0.302 e. The van der Waals surface area contributed by atoms with Crippen molar-refractivity contribution in [3.63, 3.8) is 0 Å². The lowest BCUT2D eigenvalue weighted by molar-refractivity contribution is -0.215. The van der Waals surface area contributed by atoms with Gasteiger partial charge in [-0.1, -0.05) is 13.8 Å². The largest absolute Gasteiger partial charge is 0.462 e. The molecule has 4 fully saturated rings. The molecule has 2 bridgehead atoms. The molecule has 2 heterocycles. The molecule has 6 unspecified atom stereocenters. The van der Waals surface area contributed by atoms with Gasteiger partial charge in [0.15, 0.2) is 0 Å². The summed E-state index contributed by atoms with van der Waals surface area (Å²) < 4.78 is 12.4. The van der Waals surface area contributed by atoms with Gasteiger partial charge in [0.2, 0.25) is 0 Å². The van der Waals surface area contributed by atoms with E-state index in [-0.39, 0.29) is 28.7 Å². The zero-order chi connectivity index (χ0) is 15.6. The van der Waals surface area contributed by atoms with Gasteiger partial charge in [-0.25, -0.2) is 0 Å². The van der Waals surface area contributed by atoms with Crippen LogP contribution in [0, 0.1) is 23.2 Å². The predicted octanol–water partition coefficient (Wildman–Crippen LogP) is 3.95. The van der Waals surface area contributed by atoms with Crippen LogP contribution >= 0.6 is 0 Å². The van der Waals surface area contributed by atoms with Gasteiger partial charge in [0.05, 0.1) is 11.2 Å². The third kappa shape index (κ3) is 2.15. The minimum Gasteiger partial charge on any atom is -0.462 e. The molecule has 0 aromatic carbocycles. The Bertz CT molecular complexity index is 457. The molecule has 2 saturated carbocycles. The lowest BCUT2D eigenvalue weighted by Crippen LogP contribution is -2.53. The quantitative estimate of drug-likeness (QED) is 0.687. The molecular formula is C18H30O3. The highest BCUT2D eigenvalue weighted by molar-refractivity contribution is 5.66. The van der Waals surface area contributed by atoms with Gasteiger partial charge in [0.25, 0.3) is 0 Å². The number of carbonyl (C=O) groups excluding carboxylic acids is 1. The number of ether oxygens (including phenoxy) is 2. The van der Waals surface area contributed by atoms with Crippen molar-refractivity contribution in [2.45, 2.75) is 84.5 Å². The number of hydrogen-bond donors (Lipinski definition) is 0. The Hall–Kier alpha value is -0.570. The van der Waals surface area contributed by atoms with Crippen LogP contribution in [0.5, 0.6) is 0 Å². The van der Waals surface area contributed by atoms with E-state index in [0.29, 0.717) is 17.8 Å². The average Bonchev–Trinajstić information content (AvgIpc) is 2.44. The van der Waals surface area contributed by atoms with Crippen molar-refractivity contribution in [1.29, 1.82) is 0 Å². The molecule has 4 aliphatic rings. The highest BCUT2D eigenvalue weighted by Gasteiger charge is 2.65. The van der Waals surface area contributed by atoms with Crippen LogP contribution in [-0.2, 0) is 14.3 Å². The highest BCUT2D eigenvalue weighted by Crippen LogP contribution is 2.64. The van der Waals surface area contributed by atoms with Crippen LogP contribution in [0.2, 0.25) is 0 Å². The second-order valence-corrected chi connectivity index (χ2v) is 8.73. The molecule has 2 aliphatic heterocycles. The second kappa shape index (κ2) is 4.47. The lowest BCUT2D eigenvalue weighted by Gasteiger charge is -2.49. The van der Waals surface area contributed by atoms with Crippen molar-refractivity contribution in [1.82, 2.24) is 0 Å². The number of fused-ring (bicyclic) bond motifs is 2. The third-order valence-corrected chi connectivity index (χ3v) is 6.92. The van der Waals surface area contributed by atoms with E-state index in [0.717, 1.165) is 12.8 Å². The van der Waals surface area contributed by atoms with Crippen LogP contribution in [0.1, 0.15) is 67.2 Å². The summed E-state index contributed by atoms with van der Waals surface area (Å²) in [5.74, 6) is 1.34. The predicted molar refractivity (Wildman–Crippen MR) is 81.8 cm³/mol. The van der Waals surface area contributed by atoms with Crippen LogP contribution in [0.15, 0.2) is 0 Å². The maximum absolute atomic E-state index is 11.5. The number of hydrogen-bond acceptors (Lipinski definition) is 3. The van der Waals surface area contributed by atoms with Gasteiger partial charge in [-0.05, 0) is 63.7 Å². The molecule has 3 nitrogen and oxygen atoms in total. The van der Waals surface area contributed by atoms with Crippen LogP contribution in [-0.4, -0.2) is 23.3 Å². The first kappa shape index (κ1) is 15.3. The lowest BCUT2D eigenvalue weighted by atomic mass is 9.66. The van der Waals surface area contributed by atoms with E-state index in [1.807, 2.05) is 0 Å². The van der Waals surface area contributed by atoms with Crippen molar-refractivity contribution < 1.29 is 14.3 Å². The molecule has 0 radical (unpaired) electrons. The molecule has 120 valence electrons.